The first-order valence-electron chi connectivity index (χ1n) is 5.91. The van der Waals surface area contributed by atoms with Crippen LogP contribution in [0.4, 0.5) is 5.69 Å². The zero-order valence-electron chi connectivity index (χ0n) is 10.3. The number of anilines is 1. The van der Waals surface area contributed by atoms with Crippen molar-refractivity contribution in [3.63, 3.8) is 0 Å². The molecule has 1 N–H and O–H groups in total. The second-order valence-corrected chi connectivity index (χ2v) is 4.13. The second kappa shape index (κ2) is 5.00. The van der Waals surface area contributed by atoms with E-state index in [-0.39, 0.29) is 12.5 Å². The Hall–Kier alpha value is -2.89. The first-order valence-corrected chi connectivity index (χ1v) is 5.91. The highest BCUT2D eigenvalue weighted by atomic mass is 16.5. The van der Waals surface area contributed by atoms with Crippen molar-refractivity contribution in [2.24, 2.45) is 0 Å². The number of ether oxygens (including phenoxy) is 2. The van der Waals surface area contributed by atoms with Crippen LogP contribution >= 0.6 is 0 Å². The molecule has 0 atom stereocenters. The van der Waals surface area contributed by atoms with E-state index in [0.717, 1.165) is 0 Å². The smallest absolute Gasteiger partial charge is 0.345 e. The molecule has 100 valence electrons. The van der Waals surface area contributed by atoms with Crippen molar-refractivity contribution < 1.29 is 19.1 Å². The molecule has 6 nitrogen and oxygen atoms in total. The van der Waals surface area contributed by atoms with E-state index in [2.05, 4.69) is 10.3 Å². The zero-order valence-corrected chi connectivity index (χ0v) is 10.3. The normalized spacial score (nSPS) is 12.9. The lowest BCUT2D eigenvalue weighted by Gasteiger charge is -2.18. The van der Waals surface area contributed by atoms with Crippen LogP contribution in [0.25, 0.3) is 0 Å². The molecule has 0 spiro atoms. The molecule has 0 bridgehead atoms. The summed E-state index contributed by atoms with van der Waals surface area (Å²) in [6.45, 7) is -0.0121. The number of nitrogens with zero attached hydrogens (tertiary/aromatic N) is 1. The van der Waals surface area contributed by atoms with Gasteiger partial charge in [-0.15, -0.1) is 0 Å². The van der Waals surface area contributed by atoms with Gasteiger partial charge in [0.15, 0.2) is 6.61 Å². The second-order valence-electron chi connectivity index (χ2n) is 4.13. The lowest BCUT2D eigenvalue weighted by Crippen LogP contribution is -2.25. The van der Waals surface area contributed by atoms with Gasteiger partial charge in [-0.1, -0.05) is 0 Å². The predicted molar refractivity (Wildman–Crippen MR) is 69.8 cm³/mol. The molecule has 6 heteroatoms. The van der Waals surface area contributed by atoms with E-state index < -0.39 is 5.97 Å². The fourth-order valence-electron chi connectivity index (χ4n) is 1.78. The third-order valence-corrected chi connectivity index (χ3v) is 2.69. The highest BCUT2D eigenvalue weighted by Crippen LogP contribution is 2.31. The van der Waals surface area contributed by atoms with E-state index in [9.17, 15) is 9.59 Å². The van der Waals surface area contributed by atoms with Gasteiger partial charge < -0.3 is 14.8 Å². The maximum absolute atomic E-state index is 11.9. The molecule has 0 saturated heterocycles. The topological polar surface area (TPSA) is 77.5 Å². The van der Waals surface area contributed by atoms with Crippen molar-refractivity contribution in [2.45, 2.75) is 0 Å². The van der Waals surface area contributed by atoms with Crippen LogP contribution in [0.15, 0.2) is 42.7 Å². The predicted octanol–water partition coefficient (Wildman–Crippen LogP) is 1.63. The van der Waals surface area contributed by atoms with Gasteiger partial charge in [0.1, 0.15) is 11.5 Å². The molecule has 2 heterocycles. The standard InChI is InChI=1S/C14H10N2O4/c17-13-8-19-12-4-3-10(6-11(12)16-13)20-14(18)9-2-1-5-15-7-9/h1-7H,8H2,(H,16,17). The Labute approximate surface area is 114 Å². The van der Waals surface area contributed by atoms with E-state index in [0.29, 0.717) is 22.7 Å². The third kappa shape index (κ3) is 2.44. The van der Waals surface area contributed by atoms with Crippen LogP contribution < -0.4 is 14.8 Å². The molecule has 2 aromatic rings. The minimum absolute atomic E-state index is 0.0121. The lowest BCUT2D eigenvalue weighted by atomic mass is 10.2. The van der Waals surface area contributed by atoms with Gasteiger partial charge in [0.25, 0.3) is 5.91 Å². The fourth-order valence-corrected chi connectivity index (χ4v) is 1.78. The van der Waals surface area contributed by atoms with Gasteiger partial charge in [-0.3, -0.25) is 9.78 Å². The molecule has 1 aliphatic heterocycles. The van der Waals surface area contributed by atoms with E-state index in [4.69, 9.17) is 9.47 Å². The lowest BCUT2D eigenvalue weighted by molar-refractivity contribution is -0.118. The molecule has 20 heavy (non-hydrogen) atoms. The van der Waals surface area contributed by atoms with Gasteiger partial charge in [-0.2, -0.15) is 0 Å². The number of hydrogen-bond donors (Lipinski definition) is 1. The van der Waals surface area contributed by atoms with E-state index in [1.807, 2.05) is 0 Å². The van der Waals surface area contributed by atoms with Gasteiger partial charge >= 0.3 is 5.97 Å². The summed E-state index contributed by atoms with van der Waals surface area (Å²) < 4.78 is 10.4. The number of carbonyl (C=O) groups excluding carboxylic acids is 2. The summed E-state index contributed by atoms with van der Waals surface area (Å²) in [7, 11) is 0. The summed E-state index contributed by atoms with van der Waals surface area (Å²) in [6, 6.07) is 8.04. The Morgan fingerprint density at radius 3 is 3.05 bits per heavy atom. The Morgan fingerprint density at radius 2 is 2.25 bits per heavy atom. The van der Waals surface area contributed by atoms with Crippen molar-refractivity contribution in [3.8, 4) is 11.5 Å². The summed E-state index contributed by atoms with van der Waals surface area (Å²) in [5.41, 5.74) is 0.836. The first-order chi connectivity index (χ1) is 9.72. The Balaban J connectivity index is 1.80. The summed E-state index contributed by atoms with van der Waals surface area (Å²) in [5, 5.41) is 2.65. The number of carbonyl (C=O) groups is 2. The average Bonchev–Trinajstić information content (AvgIpc) is 2.47. The molecule has 1 aliphatic rings. The summed E-state index contributed by atoms with van der Waals surface area (Å²) >= 11 is 0. The molecule has 1 aromatic heterocycles. The monoisotopic (exact) mass is 270 g/mol. The fraction of sp³-hybridized carbons (Fsp3) is 0.0714. The van der Waals surface area contributed by atoms with Crippen LogP contribution in [-0.2, 0) is 4.79 Å². The molecule has 1 amide bonds. The molecular weight excluding hydrogens is 260 g/mol. The minimum atomic E-state index is -0.513. The van der Waals surface area contributed by atoms with Crippen LogP contribution in [0.5, 0.6) is 11.5 Å². The van der Waals surface area contributed by atoms with Crippen LogP contribution in [0, 0.1) is 0 Å². The molecule has 0 fully saturated rings. The highest BCUT2D eigenvalue weighted by Gasteiger charge is 2.17. The van der Waals surface area contributed by atoms with Gasteiger partial charge in [0, 0.05) is 18.5 Å². The first kappa shape index (κ1) is 12.2. The van der Waals surface area contributed by atoms with Crippen molar-refractivity contribution >= 4 is 17.6 Å². The quantitative estimate of drug-likeness (QED) is 0.663. The number of rotatable bonds is 2. The van der Waals surface area contributed by atoms with Gasteiger partial charge in [-0.25, -0.2) is 4.79 Å². The summed E-state index contributed by atoms with van der Waals surface area (Å²) in [6.07, 6.45) is 2.99. The number of esters is 1. The maximum Gasteiger partial charge on any atom is 0.345 e. The van der Waals surface area contributed by atoms with Gasteiger partial charge in [0.05, 0.1) is 11.3 Å². The van der Waals surface area contributed by atoms with Crippen molar-refractivity contribution in [1.29, 1.82) is 0 Å². The number of benzene rings is 1. The summed E-state index contributed by atoms with van der Waals surface area (Å²) in [4.78, 5) is 26.9. The average molecular weight is 270 g/mol. The largest absolute Gasteiger partial charge is 0.482 e. The van der Waals surface area contributed by atoms with Crippen molar-refractivity contribution in [3.05, 3.63) is 48.3 Å². The van der Waals surface area contributed by atoms with Crippen LogP contribution in [-0.4, -0.2) is 23.5 Å². The van der Waals surface area contributed by atoms with Crippen molar-refractivity contribution in [2.75, 3.05) is 11.9 Å². The highest BCUT2D eigenvalue weighted by molar-refractivity contribution is 5.96. The molecular formula is C14H10N2O4. The number of hydrogen-bond acceptors (Lipinski definition) is 5. The third-order valence-electron chi connectivity index (χ3n) is 2.69. The summed E-state index contributed by atoms with van der Waals surface area (Å²) in [5.74, 6) is 0.114. The van der Waals surface area contributed by atoms with E-state index in [1.165, 1.54) is 6.20 Å². The molecule has 0 unspecified atom stereocenters. The molecule has 1 aromatic carbocycles. The minimum Gasteiger partial charge on any atom is -0.482 e. The van der Waals surface area contributed by atoms with Gasteiger partial charge in [-0.05, 0) is 24.3 Å². The number of pyridine rings is 1. The van der Waals surface area contributed by atoms with Crippen molar-refractivity contribution in [1.82, 2.24) is 4.98 Å². The molecule has 0 aliphatic carbocycles. The van der Waals surface area contributed by atoms with E-state index >= 15 is 0 Å². The number of amides is 1. The SMILES string of the molecule is O=C1COc2ccc(OC(=O)c3cccnc3)cc2N1. The Morgan fingerprint density at radius 1 is 1.35 bits per heavy atom. The number of nitrogens with one attached hydrogen (secondary N) is 1. The zero-order chi connectivity index (χ0) is 13.9. The molecule has 0 saturated carbocycles. The number of fused-ring (bicyclic) bond motifs is 1. The van der Waals surface area contributed by atoms with Gasteiger partial charge in [0.2, 0.25) is 0 Å². The van der Waals surface area contributed by atoms with E-state index in [1.54, 1.807) is 36.5 Å². The Kier molecular flexibility index (Phi) is 3.04. The van der Waals surface area contributed by atoms with Crippen LogP contribution in [0.2, 0.25) is 0 Å². The maximum atomic E-state index is 11.9. The molecule has 3 rings (SSSR count). The van der Waals surface area contributed by atoms with Crippen LogP contribution in [0.3, 0.4) is 0 Å². The Bertz CT molecular complexity index is 670. The van der Waals surface area contributed by atoms with Crippen LogP contribution in [0.1, 0.15) is 10.4 Å². The number of aromatic nitrogens is 1. The molecule has 0 radical (unpaired) electrons.